The van der Waals surface area contributed by atoms with Gasteiger partial charge in [0.05, 0.1) is 33.0 Å². The Morgan fingerprint density at radius 2 is 1.69 bits per heavy atom. The van der Waals surface area contributed by atoms with E-state index < -0.39 is 5.97 Å². The molecule has 0 saturated carbocycles. The number of hydrogen-bond donors (Lipinski definition) is 0. The van der Waals surface area contributed by atoms with E-state index in [0.29, 0.717) is 40.2 Å². The molecule has 0 aliphatic heterocycles. The first-order valence-electron chi connectivity index (χ1n) is 10.5. The average molecular weight is 437 g/mol. The number of methoxy groups -OCH3 is 2. The maximum absolute atomic E-state index is 13.4. The second-order valence-corrected chi connectivity index (χ2v) is 7.05. The highest BCUT2D eigenvalue weighted by Gasteiger charge is 2.22. The number of pyridine rings is 1. The molecule has 0 aliphatic carbocycles. The van der Waals surface area contributed by atoms with E-state index in [1.54, 1.807) is 37.3 Å². The SMILES string of the molecule is CCCCOc1cccc(C(=O)c2ncc(C(=O)OCC)c3cc(OC)c(OC)cc23)c1. The quantitative estimate of drug-likeness (QED) is 0.255. The summed E-state index contributed by atoms with van der Waals surface area (Å²) in [6.45, 7) is 4.62. The lowest BCUT2D eigenvalue weighted by Crippen LogP contribution is -2.11. The van der Waals surface area contributed by atoms with E-state index >= 15 is 0 Å². The van der Waals surface area contributed by atoms with Crippen LogP contribution in [0.25, 0.3) is 10.8 Å². The Kier molecular flexibility index (Phi) is 7.65. The topological polar surface area (TPSA) is 84.0 Å². The molecule has 0 spiro atoms. The summed E-state index contributed by atoms with van der Waals surface area (Å²) in [5, 5.41) is 0.963. The predicted octanol–water partition coefficient (Wildman–Crippen LogP) is 4.84. The number of carbonyl (C=O) groups is 2. The molecule has 0 aliphatic rings. The number of rotatable bonds is 10. The van der Waals surface area contributed by atoms with Crippen LogP contribution in [-0.4, -0.2) is 44.2 Å². The van der Waals surface area contributed by atoms with Crippen LogP contribution in [0.2, 0.25) is 0 Å². The van der Waals surface area contributed by atoms with Crippen LogP contribution in [-0.2, 0) is 4.74 Å². The molecule has 7 heteroatoms. The van der Waals surface area contributed by atoms with Crippen LogP contribution in [0.15, 0.2) is 42.6 Å². The van der Waals surface area contributed by atoms with Crippen molar-refractivity contribution in [2.45, 2.75) is 26.7 Å². The molecule has 0 radical (unpaired) electrons. The largest absolute Gasteiger partial charge is 0.494 e. The van der Waals surface area contributed by atoms with Gasteiger partial charge in [0.15, 0.2) is 11.5 Å². The van der Waals surface area contributed by atoms with Gasteiger partial charge in [-0.3, -0.25) is 9.78 Å². The fraction of sp³-hybridized carbons (Fsp3) is 0.320. The zero-order valence-electron chi connectivity index (χ0n) is 18.8. The fourth-order valence-electron chi connectivity index (χ4n) is 3.32. The summed E-state index contributed by atoms with van der Waals surface area (Å²) in [6.07, 6.45) is 3.31. The van der Waals surface area contributed by atoms with Gasteiger partial charge in [-0.1, -0.05) is 25.5 Å². The second kappa shape index (κ2) is 10.6. The Labute approximate surface area is 187 Å². The molecule has 1 heterocycles. The van der Waals surface area contributed by atoms with Crippen molar-refractivity contribution in [2.75, 3.05) is 27.4 Å². The third-order valence-corrected chi connectivity index (χ3v) is 4.97. The van der Waals surface area contributed by atoms with E-state index in [1.807, 2.05) is 6.07 Å². The molecule has 0 N–H and O–H groups in total. The third-order valence-electron chi connectivity index (χ3n) is 4.97. The molecule has 0 atom stereocenters. The molecule has 1 aromatic heterocycles. The van der Waals surface area contributed by atoms with Crippen molar-refractivity contribution in [3.05, 3.63) is 59.4 Å². The highest BCUT2D eigenvalue weighted by atomic mass is 16.5. The van der Waals surface area contributed by atoms with E-state index in [9.17, 15) is 9.59 Å². The smallest absolute Gasteiger partial charge is 0.340 e. The molecular weight excluding hydrogens is 410 g/mol. The summed E-state index contributed by atoms with van der Waals surface area (Å²) in [5.41, 5.74) is 0.877. The molecule has 7 nitrogen and oxygen atoms in total. The number of ether oxygens (including phenoxy) is 4. The lowest BCUT2D eigenvalue weighted by molar-refractivity contribution is 0.0528. The van der Waals surface area contributed by atoms with Crippen molar-refractivity contribution in [2.24, 2.45) is 0 Å². The van der Waals surface area contributed by atoms with Crippen molar-refractivity contribution in [3.8, 4) is 17.2 Å². The molecule has 3 rings (SSSR count). The molecule has 3 aromatic rings. The zero-order chi connectivity index (χ0) is 23.1. The van der Waals surface area contributed by atoms with E-state index in [1.165, 1.54) is 20.4 Å². The normalized spacial score (nSPS) is 10.6. The van der Waals surface area contributed by atoms with Crippen LogP contribution in [0.1, 0.15) is 53.1 Å². The molecular formula is C25H27NO6. The van der Waals surface area contributed by atoms with Gasteiger partial charge in [-0.25, -0.2) is 4.79 Å². The minimum atomic E-state index is -0.525. The number of carbonyl (C=O) groups excluding carboxylic acids is 2. The summed E-state index contributed by atoms with van der Waals surface area (Å²) in [7, 11) is 3.01. The van der Waals surface area contributed by atoms with Gasteiger partial charge in [-0.2, -0.15) is 0 Å². The Morgan fingerprint density at radius 1 is 0.969 bits per heavy atom. The van der Waals surface area contributed by atoms with Gasteiger partial charge in [0.1, 0.15) is 11.4 Å². The highest BCUT2D eigenvalue weighted by Crippen LogP contribution is 2.35. The van der Waals surface area contributed by atoms with Crippen molar-refractivity contribution < 1.29 is 28.5 Å². The van der Waals surface area contributed by atoms with Crippen molar-refractivity contribution >= 4 is 22.5 Å². The third kappa shape index (κ3) is 4.82. The molecule has 0 saturated heterocycles. The van der Waals surface area contributed by atoms with Crippen molar-refractivity contribution in [1.82, 2.24) is 4.98 Å². The van der Waals surface area contributed by atoms with Crippen LogP contribution in [0.3, 0.4) is 0 Å². The summed E-state index contributed by atoms with van der Waals surface area (Å²) in [6, 6.07) is 10.3. The van der Waals surface area contributed by atoms with Gasteiger partial charge in [-0.05, 0) is 37.6 Å². The van der Waals surface area contributed by atoms with Crippen LogP contribution in [0.4, 0.5) is 0 Å². The van der Waals surface area contributed by atoms with Crippen molar-refractivity contribution in [1.29, 1.82) is 0 Å². The summed E-state index contributed by atoms with van der Waals surface area (Å²) < 4.78 is 21.7. The van der Waals surface area contributed by atoms with Gasteiger partial charge in [0.25, 0.3) is 0 Å². The Balaban J connectivity index is 2.12. The summed E-state index contributed by atoms with van der Waals surface area (Å²) >= 11 is 0. The number of hydrogen-bond acceptors (Lipinski definition) is 7. The first-order chi connectivity index (χ1) is 15.5. The van der Waals surface area contributed by atoms with E-state index in [2.05, 4.69) is 11.9 Å². The first-order valence-corrected chi connectivity index (χ1v) is 10.5. The predicted molar refractivity (Wildman–Crippen MR) is 121 cm³/mol. The molecule has 168 valence electrons. The van der Waals surface area contributed by atoms with Gasteiger partial charge in [0.2, 0.25) is 5.78 Å². The number of benzene rings is 2. The molecule has 32 heavy (non-hydrogen) atoms. The lowest BCUT2D eigenvalue weighted by Gasteiger charge is -2.14. The highest BCUT2D eigenvalue weighted by molar-refractivity contribution is 6.18. The number of unbranched alkanes of at least 4 members (excludes halogenated alkanes) is 1. The zero-order valence-corrected chi connectivity index (χ0v) is 18.8. The number of nitrogens with zero attached hydrogens (tertiary/aromatic N) is 1. The number of ketones is 1. The summed E-state index contributed by atoms with van der Waals surface area (Å²) in [4.78, 5) is 30.2. The van der Waals surface area contributed by atoms with Gasteiger partial charge in [0, 0.05) is 22.5 Å². The standard InChI is InChI=1S/C25H27NO6/c1-5-7-11-32-17-10-8-9-16(12-17)24(27)23-19-14-22(30-4)21(29-3)13-18(19)20(15-26-23)25(28)31-6-2/h8-10,12-15H,5-7,11H2,1-4H3. The minimum Gasteiger partial charge on any atom is -0.494 e. The van der Waals surface area contributed by atoms with Crippen molar-refractivity contribution in [3.63, 3.8) is 0 Å². The lowest BCUT2D eigenvalue weighted by atomic mass is 9.99. The molecule has 0 unspecified atom stereocenters. The number of fused-ring (bicyclic) bond motifs is 1. The Morgan fingerprint density at radius 3 is 2.34 bits per heavy atom. The number of esters is 1. The summed E-state index contributed by atoms with van der Waals surface area (Å²) in [5.74, 6) is 0.659. The second-order valence-electron chi connectivity index (χ2n) is 7.05. The maximum Gasteiger partial charge on any atom is 0.340 e. The number of aromatic nitrogens is 1. The molecule has 0 bridgehead atoms. The van der Waals surface area contributed by atoms with Crippen LogP contribution < -0.4 is 14.2 Å². The Hall–Kier alpha value is -3.61. The monoisotopic (exact) mass is 437 g/mol. The van der Waals surface area contributed by atoms with Crippen LogP contribution >= 0.6 is 0 Å². The van der Waals surface area contributed by atoms with Crippen LogP contribution in [0, 0.1) is 0 Å². The van der Waals surface area contributed by atoms with Gasteiger partial charge in [-0.15, -0.1) is 0 Å². The maximum atomic E-state index is 13.4. The van der Waals surface area contributed by atoms with E-state index in [-0.39, 0.29) is 23.6 Å². The minimum absolute atomic E-state index is 0.194. The van der Waals surface area contributed by atoms with E-state index in [4.69, 9.17) is 18.9 Å². The Bertz CT molecular complexity index is 1120. The molecule has 2 aromatic carbocycles. The van der Waals surface area contributed by atoms with Gasteiger partial charge >= 0.3 is 5.97 Å². The van der Waals surface area contributed by atoms with Crippen LogP contribution in [0.5, 0.6) is 17.2 Å². The molecule has 0 fully saturated rings. The van der Waals surface area contributed by atoms with Gasteiger partial charge < -0.3 is 18.9 Å². The fourth-order valence-corrected chi connectivity index (χ4v) is 3.32. The average Bonchev–Trinajstić information content (AvgIpc) is 2.82. The molecule has 0 amide bonds. The van der Waals surface area contributed by atoms with E-state index in [0.717, 1.165) is 12.8 Å². The first kappa shape index (κ1) is 23.1.